The number of hydrogen-bond donors (Lipinski definition) is 0. The van der Waals surface area contributed by atoms with Gasteiger partial charge >= 0.3 is 6.18 Å². The lowest BCUT2D eigenvalue weighted by molar-refractivity contribution is -0.0884. The average molecular weight is 145 g/mol. The van der Waals surface area contributed by atoms with Crippen LogP contribution in [0.15, 0.2) is 17.7 Å². The highest BCUT2D eigenvalue weighted by Gasteiger charge is 2.31. The van der Waals surface area contributed by atoms with Crippen molar-refractivity contribution in [2.75, 3.05) is 0 Å². The van der Waals surface area contributed by atoms with E-state index in [0.717, 1.165) is 12.2 Å². The van der Waals surface area contributed by atoms with Crippen molar-refractivity contribution >= 4 is 0 Å². The van der Waals surface area contributed by atoms with E-state index in [9.17, 15) is 13.2 Å². The SMILES string of the molecule is FC(F)(F)C1=C[C]C[C]=C1. The topological polar surface area (TPSA) is 0 Å². The molecule has 0 heterocycles. The van der Waals surface area contributed by atoms with Crippen LogP contribution in [0.5, 0.6) is 0 Å². The molecule has 0 aromatic heterocycles. The van der Waals surface area contributed by atoms with Crippen molar-refractivity contribution < 1.29 is 13.2 Å². The zero-order valence-corrected chi connectivity index (χ0v) is 5.00. The summed E-state index contributed by atoms with van der Waals surface area (Å²) in [5.41, 5.74) is -0.682. The van der Waals surface area contributed by atoms with Gasteiger partial charge in [-0.15, -0.1) is 0 Å². The van der Waals surface area contributed by atoms with E-state index in [0.29, 0.717) is 6.42 Å². The van der Waals surface area contributed by atoms with Crippen LogP contribution in [0.25, 0.3) is 0 Å². The molecule has 0 bridgehead atoms. The molecule has 0 aromatic rings. The molecule has 0 unspecified atom stereocenters. The van der Waals surface area contributed by atoms with Gasteiger partial charge in [0.2, 0.25) is 0 Å². The van der Waals surface area contributed by atoms with E-state index in [-0.39, 0.29) is 0 Å². The fourth-order valence-corrected chi connectivity index (χ4v) is 0.586. The molecule has 0 N–H and O–H groups in total. The third-order valence-electron chi connectivity index (χ3n) is 1.05. The predicted molar refractivity (Wildman–Crippen MR) is 29.8 cm³/mol. The maximum atomic E-state index is 11.8. The Labute approximate surface area is 57.0 Å². The van der Waals surface area contributed by atoms with E-state index in [2.05, 4.69) is 12.5 Å². The van der Waals surface area contributed by atoms with Crippen LogP contribution in [0.1, 0.15) is 6.42 Å². The number of alkyl halides is 3. The first kappa shape index (κ1) is 7.38. The van der Waals surface area contributed by atoms with Crippen molar-refractivity contribution in [3.05, 3.63) is 30.2 Å². The minimum absolute atomic E-state index is 0.347. The molecule has 0 amide bonds. The van der Waals surface area contributed by atoms with Gasteiger partial charge in [-0.1, -0.05) is 6.08 Å². The summed E-state index contributed by atoms with van der Waals surface area (Å²) >= 11 is 0. The van der Waals surface area contributed by atoms with Gasteiger partial charge in [0.15, 0.2) is 0 Å². The normalized spacial score (nSPS) is 18.9. The summed E-state index contributed by atoms with van der Waals surface area (Å²) in [5.74, 6) is 0. The molecule has 53 valence electrons. The molecule has 0 aliphatic heterocycles. The zero-order chi connectivity index (χ0) is 7.61. The summed E-state index contributed by atoms with van der Waals surface area (Å²) in [6.45, 7) is 0. The Kier molecular flexibility index (Phi) is 1.83. The Bertz CT molecular complexity index is 174. The van der Waals surface area contributed by atoms with Gasteiger partial charge in [-0.05, 0) is 18.6 Å². The van der Waals surface area contributed by atoms with Gasteiger partial charge in [0.05, 0.1) is 5.57 Å². The van der Waals surface area contributed by atoms with Gasteiger partial charge in [0, 0.05) is 6.42 Å². The fraction of sp³-hybridized carbons (Fsp3) is 0.286. The lowest BCUT2D eigenvalue weighted by atomic mass is 10.1. The van der Waals surface area contributed by atoms with E-state index in [1.54, 1.807) is 0 Å². The van der Waals surface area contributed by atoms with Crippen molar-refractivity contribution in [1.82, 2.24) is 0 Å². The minimum Gasteiger partial charge on any atom is -0.166 e. The lowest BCUT2D eigenvalue weighted by Crippen LogP contribution is -2.11. The second kappa shape index (κ2) is 2.48. The van der Waals surface area contributed by atoms with Gasteiger partial charge in [-0.25, -0.2) is 0 Å². The second-order valence-corrected chi connectivity index (χ2v) is 1.83. The van der Waals surface area contributed by atoms with Crippen LogP contribution in [-0.2, 0) is 0 Å². The molecule has 1 rings (SSSR count). The standard InChI is InChI=1S/C7H4F3/c8-7(9,10)6-4-2-1-3-5-6/h4-5H,1H2. The highest BCUT2D eigenvalue weighted by molar-refractivity contribution is 5.28. The third kappa shape index (κ3) is 1.62. The Morgan fingerprint density at radius 2 is 2.10 bits per heavy atom. The summed E-state index contributed by atoms with van der Waals surface area (Å²) in [5, 5.41) is 0. The van der Waals surface area contributed by atoms with Crippen LogP contribution in [0.3, 0.4) is 0 Å². The van der Waals surface area contributed by atoms with E-state index in [1.807, 2.05) is 0 Å². The number of rotatable bonds is 0. The molecule has 0 nitrogen and oxygen atoms in total. The Morgan fingerprint density at radius 1 is 1.40 bits per heavy atom. The molecule has 1 aliphatic carbocycles. The Morgan fingerprint density at radius 3 is 2.40 bits per heavy atom. The first-order valence-corrected chi connectivity index (χ1v) is 2.68. The van der Waals surface area contributed by atoms with Crippen LogP contribution >= 0.6 is 0 Å². The molecule has 0 aromatic carbocycles. The molecule has 10 heavy (non-hydrogen) atoms. The van der Waals surface area contributed by atoms with Crippen LogP contribution < -0.4 is 0 Å². The zero-order valence-electron chi connectivity index (χ0n) is 5.00. The van der Waals surface area contributed by atoms with Crippen molar-refractivity contribution in [2.24, 2.45) is 0 Å². The molecule has 3 heteroatoms. The quantitative estimate of drug-likeness (QED) is 0.490. The first-order chi connectivity index (χ1) is 4.61. The summed E-state index contributed by atoms with van der Waals surface area (Å²) in [6.07, 6.45) is 2.81. The maximum Gasteiger partial charge on any atom is 0.416 e. The summed E-state index contributed by atoms with van der Waals surface area (Å²) < 4.78 is 35.3. The average Bonchev–Trinajstić information content (AvgIpc) is 1.88. The smallest absolute Gasteiger partial charge is 0.166 e. The molecule has 0 saturated carbocycles. The van der Waals surface area contributed by atoms with Crippen LogP contribution in [-0.4, -0.2) is 6.18 Å². The number of allylic oxidation sites excluding steroid dienone is 4. The summed E-state index contributed by atoms with van der Waals surface area (Å²) in [4.78, 5) is 0. The van der Waals surface area contributed by atoms with Crippen molar-refractivity contribution in [3.63, 3.8) is 0 Å². The molecule has 3 radical (unpaired) electrons. The molecular weight excluding hydrogens is 141 g/mol. The monoisotopic (exact) mass is 145 g/mol. The van der Waals surface area contributed by atoms with Gasteiger partial charge in [-0.3, -0.25) is 0 Å². The van der Waals surface area contributed by atoms with E-state index >= 15 is 0 Å². The van der Waals surface area contributed by atoms with Crippen molar-refractivity contribution in [1.29, 1.82) is 0 Å². The summed E-state index contributed by atoms with van der Waals surface area (Å²) in [7, 11) is 0. The van der Waals surface area contributed by atoms with E-state index in [4.69, 9.17) is 0 Å². The molecule has 0 atom stereocenters. The summed E-state index contributed by atoms with van der Waals surface area (Å²) in [6, 6.07) is 0. The predicted octanol–water partition coefficient (Wildman–Crippen LogP) is 2.32. The van der Waals surface area contributed by atoms with E-state index in [1.165, 1.54) is 0 Å². The fourth-order valence-electron chi connectivity index (χ4n) is 0.586. The largest absolute Gasteiger partial charge is 0.416 e. The third-order valence-corrected chi connectivity index (χ3v) is 1.05. The highest BCUT2D eigenvalue weighted by Crippen LogP contribution is 2.28. The molecule has 0 saturated heterocycles. The van der Waals surface area contributed by atoms with Crippen LogP contribution in [0, 0.1) is 12.5 Å². The molecular formula is C7H4F3. The van der Waals surface area contributed by atoms with Crippen LogP contribution in [0.2, 0.25) is 0 Å². The molecule has 1 aliphatic rings. The van der Waals surface area contributed by atoms with Gasteiger partial charge in [0.1, 0.15) is 0 Å². The molecule has 0 spiro atoms. The van der Waals surface area contributed by atoms with Gasteiger partial charge in [-0.2, -0.15) is 13.2 Å². The van der Waals surface area contributed by atoms with Crippen molar-refractivity contribution in [3.8, 4) is 0 Å². The lowest BCUT2D eigenvalue weighted by Gasteiger charge is -2.08. The highest BCUT2D eigenvalue weighted by atomic mass is 19.4. The van der Waals surface area contributed by atoms with Crippen molar-refractivity contribution in [2.45, 2.75) is 12.6 Å². The van der Waals surface area contributed by atoms with Gasteiger partial charge in [0.25, 0.3) is 0 Å². The number of hydrogen-bond acceptors (Lipinski definition) is 0. The van der Waals surface area contributed by atoms with Gasteiger partial charge < -0.3 is 0 Å². The number of halogens is 3. The van der Waals surface area contributed by atoms with E-state index < -0.39 is 11.7 Å². The van der Waals surface area contributed by atoms with Crippen LogP contribution in [0.4, 0.5) is 13.2 Å². The minimum atomic E-state index is -4.25. The Hall–Kier alpha value is -0.730. The second-order valence-electron chi connectivity index (χ2n) is 1.83. The first-order valence-electron chi connectivity index (χ1n) is 2.68. The molecule has 0 fully saturated rings. The Balaban J connectivity index is 2.73. The maximum absolute atomic E-state index is 11.8.